The quantitative estimate of drug-likeness (QED) is 0.788. The Labute approximate surface area is 109 Å². The van der Waals surface area contributed by atoms with Crippen LogP contribution in [0, 0.1) is 18.3 Å². The summed E-state index contributed by atoms with van der Waals surface area (Å²) in [6.07, 6.45) is 2.08. The summed E-state index contributed by atoms with van der Waals surface area (Å²) in [4.78, 5) is 0.242. The van der Waals surface area contributed by atoms with Gasteiger partial charge in [-0.05, 0) is 43.2 Å². The molecule has 1 fully saturated rings. The fourth-order valence-electron chi connectivity index (χ4n) is 2.58. The van der Waals surface area contributed by atoms with Crippen molar-refractivity contribution < 1.29 is 12.6 Å². The predicted molar refractivity (Wildman–Crippen MR) is 70.8 cm³/mol. The van der Waals surface area contributed by atoms with Gasteiger partial charge in [0.2, 0.25) is 0 Å². The Morgan fingerprint density at radius 1 is 1.22 bits per heavy atom. The van der Waals surface area contributed by atoms with Crippen molar-refractivity contribution in [2.75, 3.05) is 6.61 Å². The van der Waals surface area contributed by atoms with Crippen LogP contribution in [0.15, 0.2) is 29.2 Å². The van der Waals surface area contributed by atoms with Crippen molar-refractivity contribution in [3.05, 3.63) is 29.8 Å². The van der Waals surface area contributed by atoms with E-state index in [0.717, 1.165) is 18.4 Å². The molecule has 2 rings (SSSR count). The first kappa shape index (κ1) is 13.6. The number of benzene rings is 1. The van der Waals surface area contributed by atoms with Gasteiger partial charge in [-0.2, -0.15) is 8.42 Å². The lowest BCUT2D eigenvalue weighted by molar-refractivity contribution is 0.0572. The minimum absolute atomic E-state index is 0.242. The van der Waals surface area contributed by atoms with Crippen molar-refractivity contribution in [3.63, 3.8) is 0 Å². The summed E-state index contributed by atoms with van der Waals surface area (Å²) in [5.41, 5.74) is 1.39. The summed E-state index contributed by atoms with van der Waals surface area (Å²) in [5, 5.41) is 0. The molecule has 100 valence electrons. The molecule has 18 heavy (non-hydrogen) atoms. The van der Waals surface area contributed by atoms with Gasteiger partial charge in [-0.1, -0.05) is 31.5 Å². The Balaban J connectivity index is 1.94. The van der Waals surface area contributed by atoms with Crippen LogP contribution in [0.3, 0.4) is 0 Å². The van der Waals surface area contributed by atoms with Crippen LogP contribution in [0.5, 0.6) is 0 Å². The lowest BCUT2D eigenvalue weighted by Gasteiger charge is -2.42. The molecule has 4 heteroatoms. The maximum atomic E-state index is 11.9. The van der Waals surface area contributed by atoms with Crippen LogP contribution in [-0.4, -0.2) is 15.0 Å². The first-order chi connectivity index (χ1) is 8.28. The van der Waals surface area contributed by atoms with E-state index in [2.05, 4.69) is 13.8 Å². The van der Waals surface area contributed by atoms with Gasteiger partial charge in [0.15, 0.2) is 0 Å². The van der Waals surface area contributed by atoms with Crippen molar-refractivity contribution in [2.45, 2.75) is 38.5 Å². The van der Waals surface area contributed by atoms with Gasteiger partial charge in [-0.25, -0.2) is 0 Å². The number of aryl methyl sites for hydroxylation is 1. The topological polar surface area (TPSA) is 43.4 Å². The lowest BCUT2D eigenvalue weighted by atomic mass is 9.65. The van der Waals surface area contributed by atoms with Crippen LogP contribution in [0.2, 0.25) is 0 Å². The van der Waals surface area contributed by atoms with Crippen LogP contribution in [0.4, 0.5) is 0 Å². The lowest BCUT2D eigenvalue weighted by Crippen LogP contribution is -2.35. The van der Waals surface area contributed by atoms with Crippen LogP contribution < -0.4 is 0 Å². The molecule has 0 N–H and O–H groups in total. The molecule has 1 saturated carbocycles. The van der Waals surface area contributed by atoms with Gasteiger partial charge >= 0.3 is 0 Å². The van der Waals surface area contributed by atoms with Crippen molar-refractivity contribution in [3.8, 4) is 0 Å². The molecule has 1 aromatic rings. The molecule has 0 heterocycles. The molecule has 0 atom stereocenters. The summed E-state index contributed by atoms with van der Waals surface area (Å²) in [7, 11) is -3.59. The highest BCUT2D eigenvalue weighted by Crippen LogP contribution is 2.44. The second-order valence-electron chi connectivity index (χ2n) is 5.99. The smallest absolute Gasteiger partial charge is 0.266 e. The van der Waals surface area contributed by atoms with Crippen molar-refractivity contribution in [1.29, 1.82) is 0 Å². The summed E-state index contributed by atoms with van der Waals surface area (Å²) < 4.78 is 29.0. The van der Waals surface area contributed by atoms with E-state index in [4.69, 9.17) is 4.18 Å². The molecule has 1 aliphatic rings. The maximum absolute atomic E-state index is 11.9. The van der Waals surface area contributed by atoms with E-state index in [1.54, 1.807) is 24.3 Å². The van der Waals surface area contributed by atoms with E-state index in [-0.39, 0.29) is 4.90 Å². The predicted octanol–water partition coefficient (Wildman–Crippen LogP) is 3.14. The number of hydrogen-bond acceptors (Lipinski definition) is 3. The number of hydrogen-bond donors (Lipinski definition) is 0. The summed E-state index contributed by atoms with van der Waals surface area (Å²) in [6, 6.07) is 6.75. The molecule has 1 aliphatic carbocycles. The summed E-state index contributed by atoms with van der Waals surface area (Å²) in [5.74, 6) is 0.375. The van der Waals surface area contributed by atoms with Gasteiger partial charge in [-0.3, -0.25) is 4.18 Å². The van der Waals surface area contributed by atoms with Crippen LogP contribution >= 0.6 is 0 Å². The van der Waals surface area contributed by atoms with E-state index in [1.165, 1.54) is 0 Å². The molecule has 0 amide bonds. The van der Waals surface area contributed by atoms with Gasteiger partial charge < -0.3 is 0 Å². The zero-order chi connectivity index (χ0) is 13.4. The Kier molecular flexibility index (Phi) is 3.52. The first-order valence-electron chi connectivity index (χ1n) is 6.25. The third-order valence-corrected chi connectivity index (χ3v) is 4.75. The highest BCUT2D eigenvalue weighted by atomic mass is 32.2. The van der Waals surface area contributed by atoms with Gasteiger partial charge in [-0.15, -0.1) is 0 Å². The zero-order valence-electron chi connectivity index (χ0n) is 11.1. The Morgan fingerprint density at radius 3 is 2.28 bits per heavy atom. The Bertz CT molecular complexity index is 506. The summed E-state index contributed by atoms with van der Waals surface area (Å²) in [6.45, 7) is 6.61. The van der Waals surface area contributed by atoms with Crippen LogP contribution in [0.1, 0.15) is 32.3 Å². The van der Waals surface area contributed by atoms with Gasteiger partial charge in [0.1, 0.15) is 0 Å². The van der Waals surface area contributed by atoms with Crippen LogP contribution in [0.25, 0.3) is 0 Å². The van der Waals surface area contributed by atoms with Gasteiger partial charge in [0.05, 0.1) is 11.5 Å². The van der Waals surface area contributed by atoms with E-state index in [0.29, 0.717) is 17.9 Å². The third kappa shape index (κ3) is 3.12. The minimum Gasteiger partial charge on any atom is -0.266 e. The molecule has 0 aromatic heterocycles. The Morgan fingerprint density at radius 2 is 1.78 bits per heavy atom. The van der Waals surface area contributed by atoms with Crippen molar-refractivity contribution in [2.24, 2.45) is 11.3 Å². The molecule has 0 unspecified atom stereocenters. The normalized spacial score (nSPS) is 19.5. The fraction of sp³-hybridized carbons (Fsp3) is 0.571. The fourth-order valence-corrected chi connectivity index (χ4v) is 3.56. The SMILES string of the molecule is Cc1ccc(S(=O)(=O)OCC2CC(C)(C)C2)cc1. The minimum atomic E-state index is -3.59. The zero-order valence-corrected chi connectivity index (χ0v) is 12.0. The molecule has 0 saturated heterocycles. The molecule has 0 radical (unpaired) electrons. The van der Waals surface area contributed by atoms with Crippen molar-refractivity contribution in [1.82, 2.24) is 0 Å². The Hall–Kier alpha value is -0.870. The standard InChI is InChI=1S/C14H20O3S/c1-11-4-6-13(7-5-11)18(15,16)17-10-12-8-14(2,3)9-12/h4-7,12H,8-10H2,1-3H3. The molecule has 1 aromatic carbocycles. The molecular weight excluding hydrogens is 248 g/mol. The highest BCUT2D eigenvalue weighted by molar-refractivity contribution is 7.86. The average Bonchev–Trinajstić information content (AvgIpc) is 2.24. The highest BCUT2D eigenvalue weighted by Gasteiger charge is 2.36. The second-order valence-corrected chi connectivity index (χ2v) is 7.61. The van der Waals surface area contributed by atoms with Gasteiger partial charge in [0, 0.05) is 0 Å². The average molecular weight is 268 g/mol. The summed E-state index contributed by atoms with van der Waals surface area (Å²) >= 11 is 0. The number of rotatable bonds is 4. The largest absolute Gasteiger partial charge is 0.296 e. The monoisotopic (exact) mass is 268 g/mol. The maximum Gasteiger partial charge on any atom is 0.296 e. The van der Waals surface area contributed by atoms with E-state index in [1.807, 2.05) is 6.92 Å². The second kappa shape index (κ2) is 4.67. The molecule has 3 nitrogen and oxygen atoms in total. The van der Waals surface area contributed by atoms with Crippen molar-refractivity contribution >= 4 is 10.1 Å². The van der Waals surface area contributed by atoms with Gasteiger partial charge in [0.25, 0.3) is 10.1 Å². The van der Waals surface area contributed by atoms with E-state index in [9.17, 15) is 8.42 Å². The van der Waals surface area contributed by atoms with E-state index >= 15 is 0 Å². The molecule has 0 spiro atoms. The first-order valence-corrected chi connectivity index (χ1v) is 7.65. The van der Waals surface area contributed by atoms with E-state index < -0.39 is 10.1 Å². The van der Waals surface area contributed by atoms with Crippen LogP contribution in [-0.2, 0) is 14.3 Å². The molecule has 0 aliphatic heterocycles. The molecule has 0 bridgehead atoms. The molecular formula is C14H20O3S. The third-order valence-electron chi connectivity index (χ3n) is 3.45.